The maximum absolute atomic E-state index is 13.1. The fourth-order valence-electron chi connectivity index (χ4n) is 4.72. The molecule has 0 aromatic carbocycles. The Bertz CT molecular complexity index is 1030. The van der Waals surface area contributed by atoms with Gasteiger partial charge in [0, 0.05) is 30.9 Å². The first kappa shape index (κ1) is 19.1. The normalized spacial score (nSPS) is 24.4. The van der Waals surface area contributed by atoms with Gasteiger partial charge in [0.1, 0.15) is 11.9 Å². The summed E-state index contributed by atoms with van der Waals surface area (Å²) in [4.78, 5) is 31.7. The van der Waals surface area contributed by atoms with E-state index in [0.717, 1.165) is 55.7 Å². The van der Waals surface area contributed by atoms with Gasteiger partial charge in [-0.25, -0.2) is 14.6 Å². The van der Waals surface area contributed by atoms with Gasteiger partial charge in [-0.1, -0.05) is 6.07 Å². The summed E-state index contributed by atoms with van der Waals surface area (Å²) in [5.41, 5.74) is 2.96. The first-order valence-electron chi connectivity index (χ1n) is 10.7. The topological polar surface area (TPSA) is 85.5 Å². The quantitative estimate of drug-likeness (QED) is 0.662. The van der Waals surface area contributed by atoms with E-state index in [-0.39, 0.29) is 17.9 Å². The van der Waals surface area contributed by atoms with E-state index in [2.05, 4.69) is 32.3 Å². The van der Waals surface area contributed by atoms with Gasteiger partial charge in [0.15, 0.2) is 5.65 Å². The molecule has 4 heterocycles. The van der Waals surface area contributed by atoms with E-state index in [1.807, 2.05) is 17.5 Å². The number of hydroxylamine groups is 2. The zero-order chi connectivity index (χ0) is 20.5. The van der Waals surface area contributed by atoms with Crippen LogP contribution in [-0.2, 0) is 16.1 Å². The molecule has 1 aliphatic carbocycles. The molecule has 2 fully saturated rings. The first-order valence-corrected chi connectivity index (χ1v) is 10.7. The van der Waals surface area contributed by atoms with Crippen molar-refractivity contribution >= 4 is 11.6 Å². The molecule has 1 atom stereocenters. The molecule has 1 saturated carbocycles. The Morgan fingerprint density at radius 2 is 2.03 bits per heavy atom. The summed E-state index contributed by atoms with van der Waals surface area (Å²) in [5.74, 6) is 1.50. The predicted octanol–water partition coefficient (Wildman–Crippen LogP) is 3.08. The maximum Gasteiger partial charge on any atom is 0.249 e. The molecule has 3 aromatic rings. The van der Waals surface area contributed by atoms with Crippen molar-refractivity contribution in [2.24, 2.45) is 11.8 Å². The highest BCUT2D eigenvalue weighted by molar-refractivity contribution is 5.78. The van der Waals surface area contributed by atoms with Crippen LogP contribution >= 0.6 is 0 Å². The molecule has 30 heavy (non-hydrogen) atoms. The summed E-state index contributed by atoms with van der Waals surface area (Å²) in [6, 6.07) is 4.05. The second-order valence-corrected chi connectivity index (χ2v) is 8.35. The minimum Gasteiger partial charge on any atom is -0.272 e. The van der Waals surface area contributed by atoms with Crippen molar-refractivity contribution in [3.05, 3.63) is 54.0 Å². The van der Waals surface area contributed by atoms with E-state index in [9.17, 15) is 4.79 Å². The zero-order valence-electron chi connectivity index (χ0n) is 17.1. The van der Waals surface area contributed by atoms with Gasteiger partial charge in [0.2, 0.25) is 5.91 Å². The number of nitrogens with zero attached hydrogens (tertiary/aromatic N) is 6. The van der Waals surface area contributed by atoms with Crippen LogP contribution in [0.2, 0.25) is 0 Å². The van der Waals surface area contributed by atoms with Gasteiger partial charge in [-0.15, -0.1) is 0 Å². The van der Waals surface area contributed by atoms with E-state index in [1.165, 1.54) is 5.56 Å². The number of aryl methyl sites for hydroxylation is 1. The van der Waals surface area contributed by atoms with E-state index in [0.29, 0.717) is 12.5 Å². The van der Waals surface area contributed by atoms with Crippen LogP contribution in [0.1, 0.15) is 55.2 Å². The molecule has 1 aliphatic heterocycles. The molecular weight excluding hydrogens is 380 g/mol. The van der Waals surface area contributed by atoms with Crippen molar-refractivity contribution in [2.45, 2.75) is 51.5 Å². The summed E-state index contributed by atoms with van der Waals surface area (Å²) in [5, 5.41) is 5.98. The third-order valence-electron chi connectivity index (χ3n) is 6.27. The lowest BCUT2D eigenvalue weighted by Gasteiger charge is -2.31. The molecule has 156 valence electrons. The van der Waals surface area contributed by atoms with Crippen LogP contribution in [0.15, 0.2) is 36.9 Å². The number of fused-ring (bicyclic) bond motifs is 1. The molecule has 0 radical (unpaired) electrons. The molecule has 0 N–H and O–H groups in total. The Morgan fingerprint density at radius 3 is 2.83 bits per heavy atom. The van der Waals surface area contributed by atoms with E-state index < -0.39 is 0 Å². The molecule has 5 rings (SSSR count). The Hall–Kier alpha value is -2.87. The second-order valence-electron chi connectivity index (χ2n) is 8.35. The summed E-state index contributed by atoms with van der Waals surface area (Å²) < 4.78 is 1.86. The molecule has 2 aliphatic rings. The largest absolute Gasteiger partial charge is 0.272 e. The van der Waals surface area contributed by atoms with Crippen molar-refractivity contribution in [1.29, 1.82) is 0 Å². The van der Waals surface area contributed by atoms with Gasteiger partial charge in [-0.3, -0.25) is 19.6 Å². The Labute approximate surface area is 175 Å². The van der Waals surface area contributed by atoms with Crippen molar-refractivity contribution in [2.75, 3.05) is 6.61 Å². The third kappa shape index (κ3) is 3.79. The number of hydrogen-bond donors (Lipinski definition) is 0. The molecule has 8 heteroatoms. The summed E-state index contributed by atoms with van der Waals surface area (Å²) in [6.07, 6.45) is 12.8. The number of aromatic nitrogens is 5. The fraction of sp³-hybridized carbons (Fsp3) is 0.500. The van der Waals surface area contributed by atoms with Crippen LogP contribution in [0.3, 0.4) is 0 Å². The highest BCUT2D eigenvalue weighted by Crippen LogP contribution is 2.36. The SMILES string of the molecule is Cc1nc2ccc(C[C@H]3CC[C@H](C(=O)N4OCC[C@H]4c4cnccn4)CC3)cn2n1. The number of hydrogen-bond acceptors (Lipinski definition) is 6. The number of carbonyl (C=O) groups excluding carboxylic acids is 1. The van der Waals surface area contributed by atoms with E-state index in [4.69, 9.17) is 4.84 Å². The van der Waals surface area contributed by atoms with Crippen LogP contribution in [-0.4, -0.2) is 42.1 Å². The van der Waals surface area contributed by atoms with Crippen molar-refractivity contribution in [1.82, 2.24) is 29.6 Å². The maximum atomic E-state index is 13.1. The van der Waals surface area contributed by atoms with Crippen LogP contribution in [0.5, 0.6) is 0 Å². The molecular formula is C22H26N6O2. The molecule has 0 spiro atoms. The summed E-state index contributed by atoms with van der Waals surface area (Å²) in [7, 11) is 0. The van der Waals surface area contributed by atoms with Gasteiger partial charge >= 0.3 is 0 Å². The van der Waals surface area contributed by atoms with Gasteiger partial charge in [0.05, 0.1) is 18.5 Å². The average Bonchev–Trinajstić information content (AvgIpc) is 3.40. The lowest BCUT2D eigenvalue weighted by Crippen LogP contribution is -2.37. The standard InChI is InChI=1S/C22H26N6O2/c1-15-25-21-7-4-17(14-27(21)26-15)12-16-2-5-18(6-3-16)22(29)28-20(8-11-30-28)19-13-23-9-10-24-19/h4,7,9-10,13-14,16,18,20H,2-3,5-6,8,11-12H2,1H3/t16-,18-,20-/m0/s1. The second kappa shape index (κ2) is 8.10. The highest BCUT2D eigenvalue weighted by atomic mass is 16.7. The molecule has 1 amide bonds. The van der Waals surface area contributed by atoms with E-state index in [1.54, 1.807) is 23.7 Å². The van der Waals surface area contributed by atoms with E-state index >= 15 is 0 Å². The highest BCUT2D eigenvalue weighted by Gasteiger charge is 2.37. The van der Waals surface area contributed by atoms with Gasteiger partial charge in [-0.05, 0) is 56.6 Å². The van der Waals surface area contributed by atoms with Crippen LogP contribution in [0, 0.1) is 18.8 Å². The lowest BCUT2D eigenvalue weighted by atomic mass is 9.79. The van der Waals surface area contributed by atoms with Crippen molar-refractivity contribution < 1.29 is 9.63 Å². The number of pyridine rings is 1. The van der Waals surface area contributed by atoms with Gasteiger partial charge in [0.25, 0.3) is 0 Å². The fourth-order valence-corrected chi connectivity index (χ4v) is 4.72. The Morgan fingerprint density at radius 1 is 1.17 bits per heavy atom. The van der Waals surface area contributed by atoms with Crippen molar-refractivity contribution in [3.63, 3.8) is 0 Å². The first-order chi connectivity index (χ1) is 14.7. The minimum absolute atomic E-state index is 0.0268. The number of rotatable bonds is 4. The van der Waals surface area contributed by atoms with Crippen LogP contribution in [0.4, 0.5) is 0 Å². The molecule has 3 aromatic heterocycles. The summed E-state index contributed by atoms with van der Waals surface area (Å²) >= 11 is 0. The third-order valence-corrected chi connectivity index (χ3v) is 6.27. The Balaban J connectivity index is 1.19. The smallest absolute Gasteiger partial charge is 0.249 e. The monoisotopic (exact) mass is 406 g/mol. The van der Waals surface area contributed by atoms with Gasteiger partial charge in [-0.2, -0.15) is 5.10 Å². The van der Waals surface area contributed by atoms with Crippen molar-refractivity contribution in [3.8, 4) is 0 Å². The lowest BCUT2D eigenvalue weighted by molar-refractivity contribution is -0.183. The van der Waals surface area contributed by atoms with Crippen LogP contribution < -0.4 is 0 Å². The van der Waals surface area contributed by atoms with Gasteiger partial charge < -0.3 is 0 Å². The Kier molecular flexibility index (Phi) is 5.16. The summed E-state index contributed by atoms with van der Waals surface area (Å²) in [6.45, 7) is 2.45. The molecule has 1 saturated heterocycles. The van der Waals surface area contributed by atoms with Crippen LogP contribution in [0.25, 0.3) is 5.65 Å². The number of amides is 1. The molecule has 0 bridgehead atoms. The average molecular weight is 406 g/mol. The molecule has 8 nitrogen and oxygen atoms in total. The molecule has 0 unspecified atom stereocenters. The minimum atomic E-state index is -0.123. The predicted molar refractivity (Wildman–Crippen MR) is 109 cm³/mol. The number of carbonyl (C=O) groups is 1. The zero-order valence-corrected chi connectivity index (χ0v) is 17.1.